The zero-order chi connectivity index (χ0) is 52.0. The molecule has 3 heterocycles. The first-order valence-electron chi connectivity index (χ1n) is 26.5. The van der Waals surface area contributed by atoms with Crippen LogP contribution in [0.25, 0.3) is 0 Å². The van der Waals surface area contributed by atoms with E-state index in [0.717, 1.165) is 43.3 Å². The number of hydrogen-bond donors (Lipinski definition) is 0. The Bertz CT molecular complexity index is 1820. The number of hydrogen-bond acceptors (Lipinski definition) is 11. The lowest BCUT2D eigenvalue weighted by Crippen LogP contribution is -2.52. The maximum Gasteiger partial charge on any atom is 0.329 e. The average molecular weight is 1000 g/mol. The molecule has 14 heteroatoms. The van der Waals surface area contributed by atoms with E-state index in [4.69, 9.17) is 32.5 Å². The second-order valence-electron chi connectivity index (χ2n) is 24.8. The minimum Gasteiger partial charge on any atom is -0.456 e. The summed E-state index contributed by atoms with van der Waals surface area (Å²) >= 11 is 0. The second-order valence-corrected chi connectivity index (χ2v) is 34.3. The molecular weight excluding hydrogens is 907 g/mol. The van der Waals surface area contributed by atoms with Crippen molar-refractivity contribution >= 4 is 40.1 Å². The van der Waals surface area contributed by atoms with Crippen molar-refractivity contribution in [1.82, 2.24) is 4.90 Å². The van der Waals surface area contributed by atoms with Crippen molar-refractivity contribution in [2.75, 3.05) is 27.9 Å². The van der Waals surface area contributed by atoms with Gasteiger partial charge in [0.05, 0.1) is 36.9 Å². The molecule has 396 valence electrons. The van der Waals surface area contributed by atoms with Gasteiger partial charge in [0.15, 0.2) is 22.4 Å². The number of carbonyl (C=O) groups is 4. The maximum atomic E-state index is 14.9. The van der Waals surface area contributed by atoms with Gasteiger partial charge in [0.1, 0.15) is 29.6 Å². The Morgan fingerprint density at radius 3 is 1.97 bits per heavy atom. The Labute approximate surface area is 420 Å². The lowest BCUT2D eigenvalue weighted by atomic mass is 9.81. The van der Waals surface area contributed by atoms with E-state index in [9.17, 15) is 19.2 Å². The molecule has 1 aliphatic carbocycles. The molecular formula is C55H97NO11Si2. The second kappa shape index (κ2) is 24.3. The fourth-order valence-corrected chi connectivity index (χ4v) is 13.5. The highest BCUT2D eigenvalue weighted by molar-refractivity contribution is 6.74. The molecule has 12 nitrogen and oxygen atoms in total. The van der Waals surface area contributed by atoms with E-state index >= 15 is 0 Å². The monoisotopic (exact) mass is 1000 g/mol. The van der Waals surface area contributed by atoms with Gasteiger partial charge in [-0.3, -0.25) is 14.4 Å². The molecule has 69 heavy (non-hydrogen) atoms. The van der Waals surface area contributed by atoms with Crippen LogP contribution in [-0.4, -0.2) is 127 Å². The van der Waals surface area contributed by atoms with Gasteiger partial charge in [0.2, 0.25) is 5.91 Å². The van der Waals surface area contributed by atoms with E-state index in [0.29, 0.717) is 32.2 Å². The van der Waals surface area contributed by atoms with Crippen molar-refractivity contribution in [3.8, 4) is 0 Å². The van der Waals surface area contributed by atoms with Crippen LogP contribution >= 0.6 is 0 Å². The number of Topliss-reactive ketones (excluding diaryl/α,β-unsaturated/α-hetero) is 2. The van der Waals surface area contributed by atoms with Gasteiger partial charge in [0.25, 0.3) is 0 Å². The number of ether oxygens (including phenoxy) is 5. The quantitative estimate of drug-likeness (QED) is 0.0895. The number of carbonyl (C=O) groups excluding carboxylic acids is 4. The van der Waals surface area contributed by atoms with Gasteiger partial charge in [-0.1, -0.05) is 80.0 Å². The highest BCUT2D eigenvalue weighted by Gasteiger charge is 2.52. The van der Waals surface area contributed by atoms with E-state index in [2.05, 4.69) is 108 Å². The molecule has 1 amide bonds. The Balaban J connectivity index is 1.83. The third-order valence-corrected chi connectivity index (χ3v) is 26.2. The van der Waals surface area contributed by atoms with Crippen molar-refractivity contribution in [3.05, 3.63) is 23.3 Å². The molecule has 0 spiro atoms. The molecule has 3 aliphatic heterocycles. The number of methoxy groups -OCH3 is 3. The van der Waals surface area contributed by atoms with E-state index in [1.54, 1.807) is 33.2 Å². The summed E-state index contributed by atoms with van der Waals surface area (Å²) in [7, 11) is 0.480. The molecule has 0 unspecified atom stereocenters. The normalized spacial score (nSPS) is 36.0. The van der Waals surface area contributed by atoms with Gasteiger partial charge in [-0.15, -0.1) is 0 Å². The zero-order valence-electron chi connectivity index (χ0n) is 46.7. The summed E-state index contributed by atoms with van der Waals surface area (Å²) in [4.78, 5) is 59.9. The Hall–Kier alpha value is -2.05. The summed E-state index contributed by atoms with van der Waals surface area (Å²) < 4.78 is 45.8. The average Bonchev–Trinajstić information content (AvgIpc) is 3.62. The summed E-state index contributed by atoms with van der Waals surface area (Å²) in [6, 6.07) is -0.879. The number of rotatable bonds is 10. The highest BCUT2D eigenvalue weighted by Crippen LogP contribution is 2.43. The lowest BCUT2D eigenvalue weighted by molar-refractivity contribution is -0.165. The van der Waals surface area contributed by atoms with E-state index in [-0.39, 0.29) is 70.6 Å². The van der Waals surface area contributed by atoms with Gasteiger partial charge >= 0.3 is 5.97 Å². The van der Waals surface area contributed by atoms with Crippen molar-refractivity contribution < 1.29 is 51.7 Å². The van der Waals surface area contributed by atoms with Gasteiger partial charge in [0, 0.05) is 52.6 Å². The highest BCUT2D eigenvalue weighted by atomic mass is 28.4. The molecule has 0 aromatic rings. The predicted octanol–water partition coefficient (Wildman–Crippen LogP) is 11.4. The van der Waals surface area contributed by atoms with E-state index in [1.165, 1.54) is 0 Å². The van der Waals surface area contributed by atoms with Crippen LogP contribution in [0.15, 0.2) is 23.3 Å². The third kappa shape index (κ3) is 15.0. The van der Waals surface area contributed by atoms with Crippen molar-refractivity contribution in [2.24, 2.45) is 23.7 Å². The Morgan fingerprint density at radius 2 is 1.41 bits per heavy atom. The molecule has 2 bridgehead atoms. The van der Waals surface area contributed by atoms with Crippen LogP contribution in [0, 0.1) is 23.7 Å². The number of esters is 1. The molecule has 3 fully saturated rings. The summed E-state index contributed by atoms with van der Waals surface area (Å²) in [6.07, 6.45) is 8.01. The van der Waals surface area contributed by atoms with Crippen LogP contribution in [0.2, 0.25) is 36.3 Å². The first kappa shape index (κ1) is 59.5. The van der Waals surface area contributed by atoms with Crippen molar-refractivity contribution in [3.63, 3.8) is 0 Å². The minimum absolute atomic E-state index is 0.00773. The lowest BCUT2D eigenvalue weighted by Gasteiger charge is -2.44. The summed E-state index contributed by atoms with van der Waals surface area (Å²) in [5, 5.41) is -0.0909. The predicted molar refractivity (Wildman–Crippen MR) is 279 cm³/mol. The molecule has 13 atom stereocenters. The van der Waals surface area contributed by atoms with Gasteiger partial charge in [-0.05, 0) is 132 Å². The number of cyclic esters (lactones) is 1. The number of amides is 1. The first-order chi connectivity index (χ1) is 31.9. The Kier molecular flexibility index (Phi) is 21.0. The third-order valence-electron chi connectivity index (χ3n) is 17.2. The molecule has 4 rings (SSSR count). The maximum absolute atomic E-state index is 14.9. The van der Waals surface area contributed by atoms with Crippen LogP contribution in [0.4, 0.5) is 0 Å². The Morgan fingerprint density at radius 1 is 0.812 bits per heavy atom. The van der Waals surface area contributed by atoms with Gasteiger partial charge < -0.3 is 37.4 Å². The van der Waals surface area contributed by atoms with Crippen LogP contribution in [0.3, 0.4) is 0 Å². The molecule has 0 radical (unpaired) electrons. The molecule has 0 aromatic carbocycles. The summed E-state index contributed by atoms with van der Waals surface area (Å²) in [5.41, 5.74) is 0.715. The van der Waals surface area contributed by atoms with Gasteiger partial charge in [-0.2, -0.15) is 0 Å². The molecule has 0 N–H and O–H groups in total. The summed E-state index contributed by atoms with van der Waals surface area (Å²) in [5.74, 6) is -1.64. The fraction of sp³-hybridized carbons (Fsp3) is 0.855. The first-order valence-corrected chi connectivity index (χ1v) is 32.3. The molecule has 2 saturated heterocycles. The van der Waals surface area contributed by atoms with E-state index < -0.39 is 76.9 Å². The molecule has 0 aromatic heterocycles. The summed E-state index contributed by atoms with van der Waals surface area (Å²) in [6.45, 7) is 34.9. The number of nitrogens with zero attached hydrogens (tertiary/aromatic N) is 1. The number of ketones is 2. The minimum atomic E-state index is -2.50. The zero-order valence-corrected chi connectivity index (χ0v) is 48.7. The van der Waals surface area contributed by atoms with Crippen molar-refractivity contribution in [1.29, 1.82) is 0 Å². The van der Waals surface area contributed by atoms with Crippen LogP contribution in [0.5, 0.6) is 0 Å². The standard InChI is InChI=1S/C55H97NO11Si2/c1-20-40-28-35(2)27-36(3)29-46(62-14)51-47(63-15)34-55(12,65-51)48(58)33-49(59)56-26-22-21-23-41(56)52(60)64-50(38(5)44(32-42(40)57)67-69(18,19)54(9,10)11)37(4)30-39-24-25-43(45(31-39)61-13)66-68(16,17)53(6,7)8/h28,30,36,38-41,43-47,50-51H,20-27,29,31-34H2,1-19H3/b35-28+,37-30+/t36-,38+,39-,40+,41-,43+,44-,45+,46-,47-,50+,51+,55-/m0/s1. The number of piperidine rings is 1. The van der Waals surface area contributed by atoms with Crippen LogP contribution < -0.4 is 0 Å². The smallest absolute Gasteiger partial charge is 0.329 e. The van der Waals surface area contributed by atoms with Gasteiger partial charge in [-0.25, -0.2) is 4.79 Å². The molecule has 4 aliphatic rings. The van der Waals surface area contributed by atoms with Crippen molar-refractivity contribution in [2.45, 2.75) is 251 Å². The van der Waals surface area contributed by atoms with Crippen LogP contribution in [-0.2, 0) is 51.7 Å². The SMILES string of the molecule is CC[C@@H]1/C=C(\C)C[C@H](C)C[C@H](OC)[C@H]2O[C@@](C)(C[C@@H]2OC)C(=O)CC(=O)N2CCCC[C@H]2C(=O)O[C@H](/C(C)=C/[C@@H]2CC[C@@H](O[Si](C)(C)C(C)(C)C)[C@H](OC)C2)[C@H](C)[C@@H](O[Si](C)(C)C(C)(C)C)CC1=O. The number of fused-ring (bicyclic) bond motifs is 3. The van der Waals surface area contributed by atoms with Crippen LogP contribution in [0.1, 0.15) is 160 Å². The molecule has 1 saturated carbocycles. The largest absolute Gasteiger partial charge is 0.456 e. The topological polar surface area (TPSA) is 136 Å². The fourth-order valence-electron chi connectivity index (χ4n) is 10.7. The van der Waals surface area contributed by atoms with E-state index in [1.807, 2.05) is 6.92 Å². The number of allylic oxidation sites excluding steroid dienone is 3.